The minimum absolute atomic E-state index is 0.0285. The molecule has 1 fully saturated rings. The second-order valence-electron chi connectivity index (χ2n) is 3.99. The van der Waals surface area contributed by atoms with Crippen molar-refractivity contribution >= 4 is 5.69 Å². The summed E-state index contributed by atoms with van der Waals surface area (Å²) in [6, 6.07) is 3.50. The summed E-state index contributed by atoms with van der Waals surface area (Å²) < 4.78 is 31.2. The molecule has 1 aromatic carbocycles. The monoisotopic (exact) mass is 244 g/mol. The Hall–Kier alpha value is -1.76. The third kappa shape index (κ3) is 1.62. The average molecular weight is 244 g/mol. The summed E-state index contributed by atoms with van der Waals surface area (Å²) in [5, 5.41) is 10.6. The summed E-state index contributed by atoms with van der Waals surface area (Å²) in [7, 11) is 1.30. The number of non-ortho nitro benzene ring substituents is 1. The van der Waals surface area contributed by atoms with Gasteiger partial charge in [-0.15, -0.1) is 0 Å². The lowest BCUT2D eigenvalue weighted by Gasteiger charge is -2.14. The number of nitrogens with zero attached hydrogens (tertiary/aromatic N) is 1. The fourth-order valence-electron chi connectivity index (χ4n) is 1.76. The van der Waals surface area contributed by atoms with Crippen LogP contribution in [0.4, 0.5) is 14.5 Å². The van der Waals surface area contributed by atoms with Crippen LogP contribution in [0.5, 0.6) is 5.75 Å². The molecule has 1 aliphatic carbocycles. The van der Waals surface area contributed by atoms with Crippen LogP contribution >= 0.6 is 0 Å². The Bertz CT molecular complexity index is 492. The molecule has 0 bridgehead atoms. The summed E-state index contributed by atoms with van der Waals surface area (Å²) in [5.41, 5.74) is 3.37. The Labute approximate surface area is 95.3 Å². The lowest BCUT2D eigenvalue weighted by molar-refractivity contribution is -0.385. The predicted octanol–water partition coefficient (Wildman–Crippen LogP) is 1.80. The van der Waals surface area contributed by atoms with Gasteiger partial charge in [0, 0.05) is 24.1 Å². The Morgan fingerprint density at radius 1 is 1.53 bits per heavy atom. The first-order valence-electron chi connectivity index (χ1n) is 4.81. The van der Waals surface area contributed by atoms with Crippen molar-refractivity contribution in [3.8, 4) is 5.75 Å². The van der Waals surface area contributed by atoms with E-state index in [0.29, 0.717) is 0 Å². The number of nitro groups is 1. The molecular weight excluding hydrogens is 234 g/mol. The number of halogens is 2. The number of hydrogen-bond acceptors (Lipinski definition) is 4. The van der Waals surface area contributed by atoms with Crippen LogP contribution in [0.2, 0.25) is 0 Å². The highest BCUT2D eigenvalue weighted by Crippen LogP contribution is 2.59. The lowest BCUT2D eigenvalue weighted by Crippen LogP contribution is -2.27. The second-order valence-corrected chi connectivity index (χ2v) is 3.99. The van der Waals surface area contributed by atoms with Gasteiger partial charge in [-0.3, -0.25) is 10.1 Å². The SMILES string of the molecule is COc1ccc([N+](=O)[O-])cc1C1(N)CC1(F)F. The molecule has 1 unspecified atom stereocenters. The zero-order valence-electron chi connectivity index (χ0n) is 8.94. The van der Waals surface area contributed by atoms with E-state index in [0.717, 1.165) is 6.07 Å². The Balaban J connectivity index is 2.52. The highest BCUT2D eigenvalue weighted by molar-refractivity contribution is 5.51. The maximum Gasteiger partial charge on any atom is 0.272 e. The molecule has 1 aliphatic rings. The molecule has 0 aliphatic heterocycles. The topological polar surface area (TPSA) is 78.4 Å². The van der Waals surface area contributed by atoms with Crippen molar-refractivity contribution in [2.24, 2.45) is 5.73 Å². The summed E-state index contributed by atoms with van der Waals surface area (Å²) in [4.78, 5) is 9.94. The van der Waals surface area contributed by atoms with Gasteiger partial charge in [0.15, 0.2) is 0 Å². The van der Waals surface area contributed by atoms with Gasteiger partial charge >= 0.3 is 0 Å². The first-order chi connectivity index (χ1) is 7.82. The first kappa shape index (κ1) is 11.7. The standard InChI is InChI=1S/C10H10F2N2O3/c1-17-8-3-2-6(14(15)16)4-7(8)9(13)5-10(9,11)12/h2-4H,5,13H2,1H3. The molecular formula is C10H10F2N2O3. The van der Waals surface area contributed by atoms with Crippen LogP contribution in [0.1, 0.15) is 12.0 Å². The summed E-state index contributed by atoms with van der Waals surface area (Å²) in [5.74, 6) is -2.91. The predicted molar refractivity (Wildman–Crippen MR) is 55.1 cm³/mol. The van der Waals surface area contributed by atoms with Gasteiger partial charge in [-0.05, 0) is 6.07 Å². The molecule has 2 rings (SSSR count). The van der Waals surface area contributed by atoms with Crippen molar-refractivity contribution in [3.05, 3.63) is 33.9 Å². The molecule has 0 amide bonds. The van der Waals surface area contributed by atoms with E-state index in [-0.39, 0.29) is 17.0 Å². The summed E-state index contributed by atoms with van der Waals surface area (Å²) in [6.07, 6.45) is -0.530. The number of nitrogens with two attached hydrogens (primary N) is 1. The molecule has 1 atom stereocenters. The molecule has 0 spiro atoms. The molecule has 92 valence electrons. The minimum Gasteiger partial charge on any atom is -0.496 e. The van der Waals surface area contributed by atoms with Crippen molar-refractivity contribution in [1.82, 2.24) is 0 Å². The number of methoxy groups -OCH3 is 1. The molecule has 7 heteroatoms. The highest BCUT2D eigenvalue weighted by atomic mass is 19.3. The molecule has 1 aromatic rings. The van der Waals surface area contributed by atoms with Crippen LogP contribution in [0, 0.1) is 10.1 Å². The van der Waals surface area contributed by atoms with E-state index >= 15 is 0 Å². The second kappa shape index (κ2) is 3.36. The summed E-state index contributed by atoms with van der Waals surface area (Å²) >= 11 is 0. The van der Waals surface area contributed by atoms with Crippen molar-refractivity contribution < 1.29 is 18.4 Å². The van der Waals surface area contributed by atoms with Gasteiger partial charge < -0.3 is 10.5 Å². The van der Waals surface area contributed by atoms with Gasteiger partial charge in [0.25, 0.3) is 11.6 Å². The zero-order chi connectivity index (χ0) is 12.8. The largest absolute Gasteiger partial charge is 0.496 e. The van der Waals surface area contributed by atoms with E-state index in [9.17, 15) is 18.9 Å². The van der Waals surface area contributed by atoms with Gasteiger partial charge in [-0.2, -0.15) is 0 Å². The Kier molecular flexibility index (Phi) is 2.32. The van der Waals surface area contributed by atoms with Crippen molar-refractivity contribution in [1.29, 1.82) is 0 Å². The average Bonchev–Trinajstić information content (AvgIpc) is 2.78. The van der Waals surface area contributed by atoms with Crippen LogP contribution < -0.4 is 10.5 Å². The van der Waals surface area contributed by atoms with Crippen LogP contribution in [0.15, 0.2) is 18.2 Å². The van der Waals surface area contributed by atoms with Crippen LogP contribution in [0.25, 0.3) is 0 Å². The fraction of sp³-hybridized carbons (Fsp3) is 0.400. The first-order valence-corrected chi connectivity index (χ1v) is 4.81. The number of hydrogen-bond donors (Lipinski definition) is 1. The zero-order valence-corrected chi connectivity index (χ0v) is 8.94. The third-order valence-corrected chi connectivity index (χ3v) is 2.90. The van der Waals surface area contributed by atoms with Crippen molar-refractivity contribution in [3.63, 3.8) is 0 Å². The number of alkyl halides is 2. The van der Waals surface area contributed by atoms with Crippen LogP contribution in [-0.2, 0) is 5.54 Å². The maximum absolute atomic E-state index is 13.2. The molecule has 0 heterocycles. The smallest absolute Gasteiger partial charge is 0.272 e. The Morgan fingerprint density at radius 3 is 2.53 bits per heavy atom. The van der Waals surface area contributed by atoms with Gasteiger partial charge in [0.05, 0.1) is 12.0 Å². The lowest BCUT2D eigenvalue weighted by atomic mass is 10.0. The number of rotatable bonds is 3. The van der Waals surface area contributed by atoms with Crippen molar-refractivity contribution in [2.45, 2.75) is 17.9 Å². The molecule has 0 aromatic heterocycles. The number of benzene rings is 1. The van der Waals surface area contributed by atoms with Crippen LogP contribution in [-0.4, -0.2) is 18.0 Å². The fourth-order valence-corrected chi connectivity index (χ4v) is 1.76. The quantitative estimate of drug-likeness (QED) is 0.649. The molecule has 1 saturated carbocycles. The van der Waals surface area contributed by atoms with Crippen LogP contribution in [0.3, 0.4) is 0 Å². The van der Waals surface area contributed by atoms with Crippen molar-refractivity contribution in [2.75, 3.05) is 7.11 Å². The molecule has 5 nitrogen and oxygen atoms in total. The van der Waals surface area contributed by atoms with Gasteiger partial charge in [-0.1, -0.05) is 0 Å². The molecule has 0 saturated heterocycles. The van der Waals surface area contributed by atoms with E-state index in [1.165, 1.54) is 19.2 Å². The number of nitro benzene ring substituents is 1. The van der Waals surface area contributed by atoms with E-state index in [2.05, 4.69) is 0 Å². The van der Waals surface area contributed by atoms with E-state index < -0.39 is 22.8 Å². The summed E-state index contributed by atoms with van der Waals surface area (Å²) in [6.45, 7) is 0. The van der Waals surface area contributed by atoms with Gasteiger partial charge in [0.1, 0.15) is 11.3 Å². The molecule has 2 N–H and O–H groups in total. The molecule has 0 radical (unpaired) electrons. The normalized spacial score (nSPS) is 25.4. The van der Waals surface area contributed by atoms with E-state index in [1.807, 2.05) is 0 Å². The van der Waals surface area contributed by atoms with E-state index in [4.69, 9.17) is 10.5 Å². The molecule has 17 heavy (non-hydrogen) atoms. The third-order valence-electron chi connectivity index (χ3n) is 2.90. The minimum atomic E-state index is -3.05. The van der Waals surface area contributed by atoms with E-state index in [1.54, 1.807) is 0 Å². The maximum atomic E-state index is 13.2. The highest BCUT2D eigenvalue weighted by Gasteiger charge is 2.71. The van der Waals surface area contributed by atoms with Gasteiger partial charge in [0.2, 0.25) is 0 Å². The number of ether oxygens (including phenoxy) is 1. The Morgan fingerprint density at radius 2 is 2.12 bits per heavy atom. The van der Waals surface area contributed by atoms with Gasteiger partial charge in [-0.25, -0.2) is 8.78 Å².